The zero-order chi connectivity index (χ0) is 15.8. The quantitative estimate of drug-likeness (QED) is 0.548. The summed E-state index contributed by atoms with van der Waals surface area (Å²) in [5, 5.41) is 3.34. The lowest BCUT2D eigenvalue weighted by Gasteiger charge is -2.10. The monoisotopic (exact) mass is 343 g/mol. The summed E-state index contributed by atoms with van der Waals surface area (Å²) in [5.41, 5.74) is 0.571. The van der Waals surface area contributed by atoms with Gasteiger partial charge in [0.1, 0.15) is 0 Å². The van der Waals surface area contributed by atoms with Crippen LogP contribution in [0.1, 0.15) is 25.5 Å². The molecule has 2 rings (SSSR count). The van der Waals surface area contributed by atoms with Crippen LogP contribution in [0.15, 0.2) is 16.0 Å². The van der Waals surface area contributed by atoms with Gasteiger partial charge >= 0.3 is 0 Å². The number of carbonyl (C=O) groups is 1. The van der Waals surface area contributed by atoms with Gasteiger partial charge in [-0.05, 0) is 18.6 Å². The van der Waals surface area contributed by atoms with Gasteiger partial charge in [-0.3, -0.25) is 9.59 Å². The molecule has 122 valence electrons. The predicted molar refractivity (Wildman–Crippen MR) is 89.4 cm³/mol. The van der Waals surface area contributed by atoms with Crippen molar-refractivity contribution in [3.05, 3.63) is 22.1 Å². The van der Waals surface area contributed by atoms with Gasteiger partial charge in [0.15, 0.2) is 5.16 Å². The predicted octanol–water partition coefficient (Wildman–Crippen LogP) is 1.41. The first-order valence-electron chi connectivity index (χ1n) is 7.36. The number of aromatic nitrogens is 2. The standard InChI is InChI=1S/C14H21N3O3S2/c1-2-21-8-10-6-12(18)17-14(16-10)22-9-13(19)15-7-11-4-3-5-20-11/h6,11H,2-5,7-9H2,1H3,(H,15,19)(H,16,17,18). The Morgan fingerprint density at radius 2 is 2.45 bits per heavy atom. The van der Waals surface area contributed by atoms with E-state index >= 15 is 0 Å². The average molecular weight is 343 g/mol. The Hall–Kier alpha value is -0.990. The molecule has 2 heterocycles. The van der Waals surface area contributed by atoms with Crippen LogP contribution in [-0.4, -0.2) is 46.6 Å². The Morgan fingerprint density at radius 3 is 3.18 bits per heavy atom. The zero-order valence-corrected chi connectivity index (χ0v) is 14.2. The van der Waals surface area contributed by atoms with Crippen LogP contribution in [0, 0.1) is 0 Å². The van der Waals surface area contributed by atoms with Crippen LogP contribution >= 0.6 is 23.5 Å². The molecule has 0 spiro atoms. The highest BCUT2D eigenvalue weighted by Gasteiger charge is 2.16. The molecule has 2 N–H and O–H groups in total. The average Bonchev–Trinajstić information content (AvgIpc) is 3.02. The largest absolute Gasteiger partial charge is 0.376 e. The van der Waals surface area contributed by atoms with Crippen LogP contribution in [0.25, 0.3) is 0 Å². The van der Waals surface area contributed by atoms with Gasteiger partial charge in [-0.1, -0.05) is 18.7 Å². The van der Waals surface area contributed by atoms with E-state index in [2.05, 4.69) is 22.2 Å². The Balaban J connectivity index is 1.78. The summed E-state index contributed by atoms with van der Waals surface area (Å²) in [6.07, 6.45) is 2.20. The summed E-state index contributed by atoms with van der Waals surface area (Å²) in [6, 6.07) is 1.50. The number of amides is 1. The normalized spacial score (nSPS) is 17.6. The number of H-pyrrole nitrogens is 1. The molecule has 1 amide bonds. The number of nitrogens with one attached hydrogen (secondary N) is 2. The van der Waals surface area contributed by atoms with Crippen molar-refractivity contribution in [3.63, 3.8) is 0 Å². The third-order valence-electron chi connectivity index (χ3n) is 3.12. The molecule has 1 atom stereocenters. The van der Waals surface area contributed by atoms with Crippen LogP contribution in [0.5, 0.6) is 0 Å². The second-order valence-electron chi connectivity index (χ2n) is 4.91. The molecule has 6 nitrogen and oxygen atoms in total. The first kappa shape index (κ1) is 17.4. The molecule has 1 aromatic rings. The topological polar surface area (TPSA) is 84.1 Å². The fourth-order valence-electron chi connectivity index (χ4n) is 2.05. The van der Waals surface area contributed by atoms with Gasteiger partial charge in [-0.2, -0.15) is 11.8 Å². The molecule has 0 radical (unpaired) electrons. The molecule has 0 saturated carbocycles. The van der Waals surface area contributed by atoms with Crippen molar-refractivity contribution in [1.82, 2.24) is 15.3 Å². The van der Waals surface area contributed by atoms with E-state index in [4.69, 9.17) is 4.74 Å². The van der Waals surface area contributed by atoms with E-state index in [9.17, 15) is 9.59 Å². The number of thioether (sulfide) groups is 2. The maximum atomic E-state index is 11.8. The molecular weight excluding hydrogens is 322 g/mol. The molecule has 1 unspecified atom stereocenters. The number of nitrogens with zero attached hydrogens (tertiary/aromatic N) is 1. The van der Waals surface area contributed by atoms with E-state index in [-0.39, 0.29) is 23.3 Å². The van der Waals surface area contributed by atoms with Crippen molar-refractivity contribution in [2.24, 2.45) is 0 Å². The van der Waals surface area contributed by atoms with Crippen LogP contribution in [0.4, 0.5) is 0 Å². The Bertz CT molecular complexity index is 544. The lowest BCUT2D eigenvalue weighted by atomic mass is 10.2. The van der Waals surface area contributed by atoms with Crippen LogP contribution in [0.2, 0.25) is 0 Å². The highest BCUT2D eigenvalue weighted by Crippen LogP contribution is 2.14. The Labute approximate surface area is 138 Å². The van der Waals surface area contributed by atoms with Gasteiger partial charge in [0.05, 0.1) is 17.6 Å². The van der Waals surface area contributed by atoms with Gasteiger partial charge < -0.3 is 15.0 Å². The summed E-state index contributed by atoms with van der Waals surface area (Å²) < 4.78 is 5.45. The summed E-state index contributed by atoms with van der Waals surface area (Å²) >= 11 is 2.95. The van der Waals surface area contributed by atoms with E-state index in [0.29, 0.717) is 17.5 Å². The first-order chi connectivity index (χ1) is 10.7. The summed E-state index contributed by atoms with van der Waals surface area (Å²) in [4.78, 5) is 30.4. The van der Waals surface area contributed by atoms with Gasteiger partial charge in [0, 0.05) is 25.0 Å². The van der Waals surface area contributed by atoms with Crippen LogP contribution < -0.4 is 10.9 Å². The third kappa shape index (κ3) is 6.02. The Morgan fingerprint density at radius 1 is 1.59 bits per heavy atom. The number of hydrogen-bond acceptors (Lipinski definition) is 6. The minimum Gasteiger partial charge on any atom is -0.376 e. The van der Waals surface area contributed by atoms with Crippen LogP contribution in [-0.2, 0) is 15.3 Å². The fourth-order valence-corrected chi connectivity index (χ4v) is 3.34. The van der Waals surface area contributed by atoms with Crippen molar-refractivity contribution in [2.45, 2.75) is 36.8 Å². The highest BCUT2D eigenvalue weighted by atomic mass is 32.2. The van der Waals surface area contributed by atoms with Crippen molar-refractivity contribution >= 4 is 29.4 Å². The Kier molecular flexibility index (Phi) is 7.28. The van der Waals surface area contributed by atoms with Crippen molar-refractivity contribution in [2.75, 3.05) is 24.7 Å². The molecule has 1 fully saturated rings. The second kappa shape index (κ2) is 9.22. The smallest absolute Gasteiger partial charge is 0.251 e. The lowest BCUT2D eigenvalue weighted by molar-refractivity contribution is -0.119. The first-order valence-corrected chi connectivity index (χ1v) is 9.50. The number of aromatic amines is 1. The number of carbonyl (C=O) groups excluding carboxylic acids is 1. The van der Waals surface area contributed by atoms with Crippen LogP contribution in [0.3, 0.4) is 0 Å². The van der Waals surface area contributed by atoms with E-state index < -0.39 is 0 Å². The molecule has 0 bridgehead atoms. The van der Waals surface area contributed by atoms with Gasteiger partial charge in [-0.25, -0.2) is 4.98 Å². The SMILES string of the molecule is CCSCc1cc(=O)[nH]c(SCC(=O)NCC2CCCO2)n1. The van der Waals surface area contributed by atoms with Crippen molar-refractivity contribution < 1.29 is 9.53 Å². The molecule has 1 saturated heterocycles. The van der Waals surface area contributed by atoms with E-state index in [1.807, 2.05) is 0 Å². The van der Waals surface area contributed by atoms with Crippen molar-refractivity contribution in [1.29, 1.82) is 0 Å². The third-order valence-corrected chi connectivity index (χ3v) is 4.90. The molecule has 1 aromatic heterocycles. The molecule has 22 heavy (non-hydrogen) atoms. The number of ether oxygens (including phenoxy) is 1. The molecule has 1 aliphatic heterocycles. The second-order valence-corrected chi connectivity index (χ2v) is 7.15. The molecule has 0 aromatic carbocycles. The van der Waals surface area contributed by atoms with Gasteiger partial charge in [0.2, 0.25) is 5.91 Å². The van der Waals surface area contributed by atoms with E-state index in [1.54, 1.807) is 11.8 Å². The minimum atomic E-state index is -0.177. The molecule has 1 aliphatic rings. The highest BCUT2D eigenvalue weighted by molar-refractivity contribution is 7.99. The number of hydrogen-bond donors (Lipinski definition) is 2. The van der Waals surface area contributed by atoms with E-state index in [1.165, 1.54) is 17.8 Å². The molecule has 8 heteroatoms. The maximum absolute atomic E-state index is 11.8. The van der Waals surface area contributed by atoms with Gasteiger partial charge in [-0.15, -0.1) is 0 Å². The molecule has 0 aliphatic carbocycles. The summed E-state index contributed by atoms with van der Waals surface area (Å²) in [6.45, 7) is 3.39. The summed E-state index contributed by atoms with van der Waals surface area (Å²) in [7, 11) is 0. The minimum absolute atomic E-state index is 0.0727. The fraction of sp³-hybridized carbons (Fsp3) is 0.643. The lowest BCUT2D eigenvalue weighted by Crippen LogP contribution is -2.33. The van der Waals surface area contributed by atoms with E-state index in [0.717, 1.165) is 30.9 Å². The zero-order valence-electron chi connectivity index (χ0n) is 12.6. The summed E-state index contributed by atoms with van der Waals surface area (Å²) in [5.74, 6) is 1.85. The van der Waals surface area contributed by atoms with Crippen molar-refractivity contribution in [3.8, 4) is 0 Å². The maximum Gasteiger partial charge on any atom is 0.251 e. The van der Waals surface area contributed by atoms with Gasteiger partial charge in [0.25, 0.3) is 5.56 Å². The number of rotatable bonds is 8. The molecular formula is C14H21N3O3S2.